The molecule has 2 unspecified atom stereocenters. The molecule has 108 valence electrons. The highest BCUT2D eigenvalue weighted by atomic mass is 19.1. The Balaban J connectivity index is 1.87. The number of carbonyl (C=O) groups is 1. The maximum Gasteiger partial charge on any atom is 0.257 e. The molecule has 1 saturated carbocycles. The van der Waals surface area contributed by atoms with Crippen LogP contribution >= 0.6 is 0 Å². The van der Waals surface area contributed by atoms with Crippen LogP contribution in [0.15, 0.2) is 12.3 Å². The van der Waals surface area contributed by atoms with Crippen LogP contribution in [0, 0.1) is 11.7 Å². The third kappa shape index (κ3) is 2.25. The van der Waals surface area contributed by atoms with E-state index < -0.39 is 5.82 Å². The van der Waals surface area contributed by atoms with Crippen molar-refractivity contribution in [2.75, 3.05) is 18.9 Å². The second-order valence-corrected chi connectivity index (χ2v) is 5.70. The van der Waals surface area contributed by atoms with E-state index in [0.29, 0.717) is 23.3 Å². The molecule has 2 fully saturated rings. The molecule has 20 heavy (non-hydrogen) atoms. The van der Waals surface area contributed by atoms with E-state index in [4.69, 9.17) is 0 Å². The van der Waals surface area contributed by atoms with Gasteiger partial charge >= 0.3 is 0 Å². The summed E-state index contributed by atoms with van der Waals surface area (Å²) in [6, 6.07) is 1.63. The zero-order valence-corrected chi connectivity index (χ0v) is 11.7. The Labute approximate surface area is 118 Å². The highest BCUT2D eigenvalue weighted by molar-refractivity contribution is 5.99. The first-order chi connectivity index (χ1) is 9.70. The summed E-state index contributed by atoms with van der Waals surface area (Å²) >= 11 is 0. The third-order valence-corrected chi connectivity index (χ3v) is 4.59. The van der Waals surface area contributed by atoms with E-state index in [0.717, 1.165) is 25.6 Å². The molecule has 1 aliphatic heterocycles. The topological polar surface area (TPSA) is 45.2 Å². The lowest BCUT2D eigenvalue weighted by Crippen LogP contribution is -2.39. The van der Waals surface area contributed by atoms with Gasteiger partial charge in [0.1, 0.15) is 11.6 Å². The van der Waals surface area contributed by atoms with Gasteiger partial charge in [0, 0.05) is 19.6 Å². The molecule has 0 radical (unpaired) electrons. The summed E-state index contributed by atoms with van der Waals surface area (Å²) in [6.07, 6.45) is 6.96. The fraction of sp³-hybridized carbons (Fsp3) is 0.600. The van der Waals surface area contributed by atoms with Crippen LogP contribution in [-0.4, -0.2) is 35.4 Å². The average molecular weight is 277 g/mol. The molecule has 3 rings (SSSR count). The number of halogens is 1. The van der Waals surface area contributed by atoms with E-state index >= 15 is 0 Å². The summed E-state index contributed by atoms with van der Waals surface area (Å²) < 4.78 is 13.4. The predicted octanol–water partition coefficient (Wildman–Crippen LogP) is 2.67. The number of carbonyl (C=O) groups excluding carboxylic acids is 1. The lowest BCUT2D eigenvalue weighted by atomic mass is 9.85. The molecular weight excluding hydrogens is 257 g/mol. The highest BCUT2D eigenvalue weighted by Gasteiger charge is 2.39. The Morgan fingerprint density at radius 2 is 2.20 bits per heavy atom. The van der Waals surface area contributed by atoms with Gasteiger partial charge in [-0.15, -0.1) is 0 Å². The number of hydrogen-bond donors (Lipinski definition) is 1. The molecule has 0 spiro atoms. The first-order valence-electron chi connectivity index (χ1n) is 7.35. The number of nitrogens with one attached hydrogen (secondary N) is 1. The van der Waals surface area contributed by atoms with Crippen LogP contribution < -0.4 is 5.32 Å². The first kappa shape index (κ1) is 13.3. The average Bonchev–Trinajstić information content (AvgIpc) is 2.90. The largest absolute Gasteiger partial charge is 0.372 e. The van der Waals surface area contributed by atoms with Crippen molar-refractivity contribution in [3.05, 3.63) is 23.6 Å². The fourth-order valence-corrected chi connectivity index (χ4v) is 3.61. The molecule has 0 bridgehead atoms. The van der Waals surface area contributed by atoms with Gasteiger partial charge in [-0.3, -0.25) is 4.79 Å². The third-order valence-electron chi connectivity index (χ3n) is 4.59. The van der Waals surface area contributed by atoms with Crippen molar-refractivity contribution >= 4 is 11.7 Å². The molecule has 1 saturated heterocycles. The zero-order chi connectivity index (χ0) is 14.1. The van der Waals surface area contributed by atoms with Crippen LogP contribution in [0.25, 0.3) is 0 Å². The minimum Gasteiger partial charge on any atom is -0.372 e. The van der Waals surface area contributed by atoms with Gasteiger partial charge in [0.15, 0.2) is 0 Å². The smallest absolute Gasteiger partial charge is 0.257 e. The minimum atomic E-state index is -0.466. The minimum absolute atomic E-state index is 0.0873. The summed E-state index contributed by atoms with van der Waals surface area (Å²) in [5.41, 5.74) is 0.346. The van der Waals surface area contributed by atoms with Crippen molar-refractivity contribution in [2.45, 2.75) is 38.1 Å². The number of aromatic nitrogens is 1. The van der Waals surface area contributed by atoms with Gasteiger partial charge in [-0.25, -0.2) is 9.37 Å². The molecular formula is C15H20FN3O. The van der Waals surface area contributed by atoms with Crippen molar-refractivity contribution in [1.82, 2.24) is 9.88 Å². The number of rotatable bonds is 2. The van der Waals surface area contributed by atoms with Crippen LogP contribution in [-0.2, 0) is 0 Å². The second kappa shape index (κ2) is 5.38. The van der Waals surface area contributed by atoms with Gasteiger partial charge in [-0.1, -0.05) is 12.8 Å². The van der Waals surface area contributed by atoms with Crippen LogP contribution in [0.5, 0.6) is 0 Å². The van der Waals surface area contributed by atoms with Gasteiger partial charge in [0.05, 0.1) is 11.8 Å². The van der Waals surface area contributed by atoms with Crippen molar-refractivity contribution < 1.29 is 9.18 Å². The fourth-order valence-electron chi connectivity index (χ4n) is 3.61. The normalized spacial score (nSPS) is 25.4. The van der Waals surface area contributed by atoms with Crippen molar-refractivity contribution in [3.8, 4) is 0 Å². The Morgan fingerprint density at radius 1 is 1.40 bits per heavy atom. The number of fused-ring (bicyclic) bond motifs is 1. The van der Waals surface area contributed by atoms with E-state index in [9.17, 15) is 9.18 Å². The van der Waals surface area contributed by atoms with Crippen molar-refractivity contribution in [1.29, 1.82) is 0 Å². The molecule has 1 aromatic rings. The Hall–Kier alpha value is -1.65. The Bertz CT molecular complexity index is 520. The van der Waals surface area contributed by atoms with Crippen LogP contribution in [0.4, 0.5) is 10.2 Å². The zero-order valence-electron chi connectivity index (χ0n) is 11.7. The van der Waals surface area contributed by atoms with Gasteiger partial charge in [-0.2, -0.15) is 0 Å². The molecule has 1 amide bonds. The van der Waals surface area contributed by atoms with Crippen LogP contribution in [0.2, 0.25) is 0 Å². The predicted molar refractivity (Wildman–Crippen MR) is 75.1 cm³/mol. The number of hydrogen-bond acceptors (Lipinski definition) is 3. The lowest BCUT2D eigenvalue weighted by molar-refractivity contribution is 0.0690. The summed E-state index contributed by atoms with van der Waals surface area (Å²) in [5, 5.41) is 2.87. The van der Waals surface area contributed by atoms with Gasteiger partial charge < -0.3 is 10.2 Å². The Morgan fingerprint density at radius 3 is 3.00 bits per heavy atom. The Kier molecular flexibility index (Phi) is 3.59. The molecule has 1 aromatic heterocycles. The number of nitrogens with zero attached hydrogens (tertiary/aromatic N) is 2. The standard InChI is InChI=1S/C15H20FN3O/c1-17-14-12(8-11(16)9-18-14)15(20)19-7-6-10-4-2-3-5-13(10)19/h8-10,13H,2-7H2,1H3,(H,17,18). The highest BCUT2D eigenvalue weighted by Crippen LogP contribution is 2.37. The number of likely N-dealkylation sites (tertiary alicyclic amines) is 1. The second-order valence-electron chi connectivity index (χ2n) is 5.70. The lowest BCUT2D eigenvalue weighted by Gasteiger charge is -2.32. The monoisotopic (exact) mass is 277 g/mol. The van der Waals surface area contributed by atoms with E-state index in [1.165, 1.54) is 25.3 Å². The molecule has 1 N–H and O–H groups in total. The maximum atomic E-state index is 13.4. The molecule has 2 atom stereocenters. The van der Waals surface area contributed by atoms with E-state index in [-0.39, 0.29) is 5.91 Å². The number of amides is 1. The number of anilines is 1. The SMILES string of the molecule is CNc1ncc(F)cc1C(=O)N1CCC2CCCCC21. The van der Waals surface area contributed by atoms with E-state index in [1.807, 2.05) is 4.90 Å². The summed E-state index contributed by atoms with van der Waals surface area (Å²) in [6.45, 7) is 0.786. The molecule has 1 aliphatic carbocycles. The molecule has 5 heteroatoms. The molecule has 2 heterocycles. The van der Waals surface area contributed by atoms with E-state index in [1.54, 1.807) is 7.05 Å². The van der Waals surface area contributed by atoms with Crippen LogP contribution in [0.3, 0.4) is 0 Å². The maximum absolute atomic E-state index is 13.4. The number of pyridine rings is 1. The summed E-state index contributed by atoms with van der Waals surface area (Å²) in [7, 11) is 1.70. The van der Waals surface area contributed by atoms with Gasteiger partial charge in [0.25, 0.3) is 5.91 Å². The summed E-state index contributed by atoms with van der Waals surface area (Å²) in [4.78, 5) is 18.6. The van der Waals surface area contributed by atoms with E-state index in [2.05, 4.69) is 10.3 Å². The van der Waals surface area contributed by atoms with Gasteiger partial charge in [-0.05, 0) is 31.2 Å². The van der Waals surface area contributed by atoms with Crippen LogP contribution in [0.1, 0.15) is 42.5 Å². The molecule has 4 nitrogen and oxygen atoms in total. The first-order valence-corrected chi connectivity index (χ1v) is 7.35. The quantitative estimate of drug-likeness (QED) is 0.904. The van der Waals surface area contributed by atoms with Gasteiger partial charge in [0.2, 0.25) is 0 Å². The van der Waals surface area contributed by atoms with Crippen molar-refractivity contribution in [3.63, 3.8) is 0 Å². The summed E-state index contributed by atoms with van der Waals surface area (Å²) in [5.74, 6) is 0.533. The molecule has 2 aliphatic rings. The molecule has 0 aromatic carbocycles. The van der Waals surface area contributed by atoms with Crippen molar-refractivity contribution in [2.24, 2.45) is 5.92 Å².